The van der Waals surface area contributed by atoms with Crippen molar-refractivity contribution in [2.45, 2.75) is 17.9 Å². The molecule has 2 aromatic rings. The lowest BCUT2D eigenvalue weighted by molar-refractivity contribution is -0.117. The highest BCUT2D eigenvalue weighted by Crippen LogP contribution is 2.16. The number of rotatable bonds is 8. The lowest BCUT2D eigenvalue weighted by atomic mass is 10.3. The molecule has 0 aliphatic heterocycles. The van der Waals surface area contributed by atoms with E-state index < -0.39 is 10.0 Å². The van der Waals surface area contributed by atoms with Gasteiger partial charge in [-0.25, -0.2) is 13.1 Å². The topological polar surface area (TPSA) is 97.6 Å². The number of benzene rings is 1. The zero-order valence-corrected chi connectivity index (χ0v) is 13.4. The van der Waals surface area contributed by atoms with Gasteiger partial charge in [-0.05, 0) is 30.3 Å². The van der Waals surface area contributed by atoms with Crippen LogP contribution >= 0.6 is 0 Å². The first kappa shape index (κ1) is 17.2. The third kappa shape index (κ3) is 5.20. The maximum atomic E-state index is 12.3. The van der Waals surface area contributed by atoms with E-state index in [9.17, 15) is 13.2 Å². The number of nitrogens with one attached hydrogen (secondary N) is 2. The highest BCUT2D eigenvalue weighted by atomic mass is 32.2. The Morgan fingerprint density at radius 1 is 1.26 bits per heavy atom. The molecule has 0 bridgehead atoms. The van der Waals surface area contributed by atoms with Crippen LogP contribution in [0.5, 0.6) is 0 Å². The van der Waals surface area contributed by atoms with Crippen molar-refractivity contribution in [3.05, 3.63) is 48.4 Å². The molecule has 0 atom stereocenters. The molecule has 1 aromatic carbocycles. The Balaban J connectivity index is 2.04. The molecule has 0 spiro atoms. The first-order valence-electron chi connectivity index (χ1n) is 6.92. The van der Waals surface area contributed by atoms with Gasteiger partial charge in [0.25, 0.3) is 0 Å². The summed E-state index contributed by atoms with van der Waals surface area (Å²) >= 11 is 0. The van der Waals surface area contributed by atoms with Crippen LogP contribution in [0.25, 0.3) is 0 Å². The summed E-state index contributed by atoms with van der Waals surface area (Å²) < 4.78 is 36.8. The summed E-state index contributed by atoms with van der Waals surface area (Å²) in [5.74, 6) is 0.266. The van der Waals surface area contributed by atoms with Gasteiger partial charge in [0.1, 0.15) is 5.76 Å². The SMILES string of the molecule is COCCC(=O)Nc1cccc(S(=O)(=O)NCc2ccco2)c1. The highest BCUT2D eigenvalue weighted by Gasteiger charge is 2.15. The van der Waals surface area contributed by atoms with Crippen molar-refractivity contribution >= 4 is 21.6 Å². The minimum atomic E-state index is -3.70. The maximum Gasteiger partial charge on any atom is 0.241 e. The third-order valence-electron chi connectivity index (χ3n) is 2.98. The fourth-order valence-electron chi connectivity index (χ4n) is 1.82. The number of carbonyl (C=O) groups is 1. The van der Waals surface area contributed by atoms with Crippen molar-refractivity contribution in [3.8, 4) is 0 Å². The van der Waals surface area contributed by atoms with Crippen molar-refractivity contribution in [2.75, 3.05) is 19.0 Å². The molecule has 1 aromatic heterocycles. The molecule has 2 rings (SSSR count). The molecule has 0 aliphatic carbocycles. The van der Waals surface area contributed by atoms with E-state index in [1.54, 1.807) is 24.3 Å². The van der Waals surface area contributed by atoms with Gasteiger partial charge in [-0.1, -0.05) is 6.07 Å². The smallest absolute Gasteiger partial charge is 0.241 e. The summed E-state index contributed by atoms with van der Waals surface area (Å²) in [6.45, 7) is 0.355. The Bertz CT molecular complexity index is 741. The zero-order valence-electron chi connectivity index (χ0n) is 12.6. The number of carbonyl (C=O) groups excluding carboxylic acids is 1. The predicted molar refractivity (Wildman–Crippen MR) is 84.3 cm³/mol. The van der Waals surface area contributed by atoms with Crippen molar-refractivity contribution in [3.63, 3.8) is 0 Å². The monoisotopic (exact) mass is 338 g/mol. The average Bonchev–Trinajstić information content (AvgIpc) is 3.05. The van der Waals surface area contributed by atoms with Crippen LogP contribution in [0.2, 0.25) is 0 Å². The molecular formula is C15H18N2O5S. The van der Waals surface area contributed by atoms with Gasteiger partial charge >= 0.3 is 0 Å². The number of hydrogen-bond acceptors (Lipinski definition) is 5. The number of ether oxygens (including phenoxy) is 1. The predicted octanol–water partition coefficient (Wildman–Crippen LogP) is 1.73. The summed E-state index contributed by atoms with van der Waals surface area (Å²) in [6.07, 6.45) is 1.67. The van der Waals surface area contributed by atoms with Crippen LogP contribution in [-0.4, -0.2) is 28.0 Å². The van der Waals surface area contributed by atoms with Crippen LogP contribution in [0.4, 0.5) is 5.69 Å². The number of hydrogen-bond donors (Lipinski definition) is 2. The van der Waals surface area contributed by atoms with Crippen LogP contribution in [0.3, 0.4) is 0 Å². The second kappa shape index (κ2) is 7.91. The molecular weight excluding hydrogens is 320 g/mol. The van der Waals surface area contributed by atoms with Crippen molar-refractivity contribution < 1.29 is 22.4 Å². The summed E-state index contributed by atoms with van der Waals surface area (Å²) in [5, 5.41) is 2.63. The molecule has 1 amide bonds. The van der Waals surface area contributed by atoms with E-state index in [4.69, 9.17) is 9.15 Å². The summed E-state index contributed by atoms with van der Waals surface area (Å²) in [7, 11) is -2.19. The van der Waals surface area contributed by atoms with Crippen LogP contribution in [0.15, 0.2) is 52.0 Å². The molecule has 0 saturated heterocycles. The van der Waals surface area contributed by atoms with E-state index >= 15 is 0 Å². The number of furan rings is 1. The molecule has 0 unspecified atom stereocenters. The number of methoxy groups -OCH3 is 1. The molecule has 0 aliphatic rings. The summed E-state index contributed by atoms with van der Waals surface area (Å²) in [5.41, 5.74) is 0.409. The zero-order chi connectivity index (χ0) is 16.7. The van der Waals surface area contributed by atoms with E-state index in [1.807, 2.05) is 0 Å². The first-order chi connectivity index (χ1) is 11.0. The quantitative estimate of drug-likeness (QED) is 0.764. The minimum Gasteiger partial charge on any atom is -0.468 e. The molecule has 1 heterocycles. The number of sulfonamides is 1. The average molecular weight is 338 g/mol. The van der Waals surface area contributed by atoms with E-state index in [0.29, 0.717) is 18.1 Å². The van der Waals surface area contributed by atoms with Crippen LogP contribution in [-0.2, 0) is 26.1 Å². The fourth-order valence-corrected chi connectivity index (χ4v) is 2.86. The Morgan fingerprint density at radius 2 is 2.09 bits per heavy atom. The van der Waals surface area contributed by atoms with Crippen LogP contribution < -0.4 is 10.0 Å². The molecule has 0 radical (unpaired) electrons. The third-order valence-corrected chi connectivity index (χ3v) is 4.38. The maximum absolute atomic E-state index is 12.3. The molecule has 8 heteroatoms. The second-order valence-electron chi connectivity index (χ2n) is 4.72. The van der Waals surface area contributed by atoms with Gasteiger partial charge in [0.2, 0.25) is 15.9 Å². The largest absolute Gasteiger partial charge is 0.468 e. The van der Waals surface area contributed by atoms with Crippen LogP contribution in [0, 0.1) is 0 Å². The van der Waals surface area contributed by atoms with E-state index in [2.05, 4.69) is 10.0 Å². The van der Waals surface area contributed by atoms with E-state index in [-0.39, 0.29) is 23.8 Å². The minimum absolute atomic E-state index is 0.0553. The second-order valence-corrected chi connectivity index (χ2v) is 6.49. The van der Waals surface area contributed by atoms with E-state index in [1.165, 1.54) is 25.5 Å². The van der Waals surface area contributed by atoms with Gasteiger partial charge in [-0.2, -0.15) is 0 Å². The molecule has 124 valence electrons. The van der Waals surface area contributed by atoms with Crippen molar-refractivity contribution in [1.82, 2.24) is 4.72 Å². The molecule has 23 heavy (non-hydrogen) atoms. The molecule has 2 N–H and O–H groups in total. The lowest BCUT2D eigenvalue weighted by Crippen LogP contribution is -2.23. The molecule has 0 saturated carbocycles. The first-order valence-corrected chi connectivity index (χ1v) is 8.40. The molecule has 0 fully saturated rings. The normalized spacial score (nSPS) is 11.3. The van der Waals surface area contributed by atoms with Gasteiger partial charge in [-0.3, -0.25) is 4.79 Å². The van der Waals surface area contributed by atoms with Crippen molar-refractivity contribution in [1.29, 1.82) is 0 Å². The highest BCUT2D eigenvalue weighted by molar-refractivity contribution is 7.89. The number of anilines is 1. The molecule has 7 nitrogen and oxygen atoms in total. The van der Waals surface area contributed by atoms with Gasteiger partial charge in [0.15, 0.2) is 0 Å². The fraction of sp³-hybridized carbons (Fsp3) is 0.267. The Kier molecular flexibility index (Phi) is 5.91. The Hall–Kier alpha value is -2.16. The Morgan fingerprint density at radius 3 is 2.78 bits per heavy atom. The van der Waals surface area contributed by atoms with Gasteiger partial charge in [0, 0.05) is 12.8 Å². The standard InChI is InChI=1S/C15H18N2O5S/c1-21-9-7-15(18)17-12-4-2-6-14(10-12)23(19,20)16-11-13-5-3-8-22-13/h2-6,8,10,16H,7,9,11H2,1H3,(H,17,18). The van der Waals surface area contributed by atoms with Gasteiger partial charge < -0.3 is 14.5 Å². The van der Waals surface area contributed by atoms with Crippen LogP contribution in [0.1, 0.15) is 12.2 Å². The van der Waals surface area contributed by atoms with Gasteiger partial charge in [-0.15, -0.1) is 0 Å². The summed E-state index contributed by atoms with van der Waals surface area (Å²) in [4.78, 5) is 11.7. The lowest BCUT2D eigenvalue weighted by Gasteiger charge is -2.09. The van der Waals surface area contributed by atoms with E-state index in [0.717, 1.165) is 0 Å². The van der Waals surface area contributed by atoms with Crippen molar-refractivity contribution in [2.24, 2.45) is 0 Å². The Labute approximate surface area is 134 Å². The van der Waals surface area contributed by atoms with Gasteiger partial charge in [0.05, 0.1) is 30.7 Å². The summed E-state index contributed by atoms with van der Waals surface area (Å²) in [6, 6.07) is 9.39. The number of amides is 1.